The highest BCUT2D eigenvalue weighted by atomic mass is 16.3. The molecular formula is C13H19NO. The third kappa shape index (κ3) is 2.51. The van der Waals surface area contributed by atoms with Gasteiger partial charge in [-0.15, -0.1) is 0 Å². The number of piperidine rings is 1. The SMILES string of the molecule is Cc1cccc(N2CCC(CO)CC2)c1. The first-order valence-corrected chi connectivity index (χ1v) is 5.72. The van der Waals surface area contributed by atoms with Gasteiger partial charge < -0.3 is 10.0 Å². The van der Waals surface area contributed by atoms with Crippen LogP contribution < -0.4 is 4.90 Å². The average Bonchev–Trinajstić information content (AvgIpc) is 2.29. The van der Waals surface area contributed by atoms with Crippen molar-refractivity contribution >= 4 is 5.69 Å². The smallest absolute Gasteiger partial charge is 0.0460 e. The van der Waals surface area contributed by atoms with E-state index in [1.165, 1.54) is 11.3 Å². The molecule has 1 N–H and O–H groups in total. The summed E-state index contributed by atoms with van der Waals surface area (Å²) in [4.78, 5) is 2.42. The van der Waals surface area contributed by atoms with E-state index < -0.39 is 0 Å². The highest BCUT2D eigenvalue weighted by Gasteiger charge is 2.18. The van der Waals surface area contributed by atoms with Crippen LogP contribution in [0.2, 0.25) is 0 Å². The van der Waals surface area contributed by atoms with Crippen LogP contribution in [0.4, 0.5) is 5.69 Å². The lowest BCUT2D eigenvalue weighted by Gasteiger charge is -2.33. The van der Waals surface area contributed by atoms with Crippen LogP contribution in [0.5, 0.6) is 0 Å². The summed E-state index contributed by atoms with van der Waals surface area (Å²) in [6.07, 6.45) is 2.23. The van der Waals surface area contributed by atoms with Gasteiger partial charge in [-0.1, -0.05) is 12.1 Å². The van der Waals surface area contributed by atoms with Crippen LogP contribution in [0.15, 0.2) is 24.3 Å². The predicted molar refractivity (Wildman–Crippen MR) is 63.2 cm³/mol. The van der Waals surface area contributed by atoms with Gasteiger partial charge in [0.2, 0.25) is 0 Å². The Morgan fingerprint density at radius 3 is 2.67 bits per heavy atom. The lowest BCUT2D eigenvalue weighted by Crippen LogP contribution is -2.34. The number of hydrogen-bond donors (Lipinski definition) is 1. The van der Waals surface area contributed by atoms with E-state index in [-0.39, 0.29) is 0 Å². The highest BCUT2D eigenvalue weighted by molar-refractivity contribution is 5.48. The molecule has 82 valence electrons. The first kappa shape index (κ1) is 10.5. The van der Waals surface area contributed by atoms with E-state index in [0.29, 0.717) is 12.5 Å². The number of aliphatic hydroxyl groups excluding tert-OH is 1. The van der Waals surface area contributed by atoms with E-state index in [1.807, 2.05) is 0 Å². The van der Waals surface area contributed by atoms with E-state index >= 15 is 0 Å². The summed E-state index contributed by atoms with van der Waals surface area (Å²) in [5, 5.41) is 9.07. The fraction of sp³-hybridized carbons (Fsp3) is 0.538. The van der Waals surface area contributed by atoms with E-state index in [0.717, 1.165) is 25.9 Å². The molecule has 0 bridgehead atoms. The summed E-state index contributed by atoms with van der Waals surface area (Å²) < 4.78 is 0. The Labute approximate surface area is 91.5 Å². The second kappa shape index (κ2) is 4.67. The van der Waals surface area contributed by atoms with E-state index in [1.54, 1.807) is 0 Å². The molecule has 0 saturated carbocycles. The number of rotatable bonds is 2. The largest absolute Gasteiger partial charge is 0.396 e. The van der Waals surface area contributed by atoms with Crippen molar-refractivity contribution in [2.45, 2.75) is 19.8 Å². The van der Waals surface area contributed by atoms with Crippen molar-refractivity contribution in [1.29, 1.82) is 0 Å². The number of benzene rings is 1. The first-order valence-electron chi connectivity index (χ1n) is 5.72. The Hall–Kier alpha value is -1.02. The van der Waals surface area contributed by atoms with Gasteiger partial charge in [-0.25, -0.2) is 0 Å². The summed E-state index contributed by atoms with van der Waals surface area (Å²) in [5.41, 5.74) is 2.64. The predicted octanol–water partition coefficient (Wildman–Crippen LogP) is 2.20. The molecule has 0 unspecified atom stereocenters. The van der Waals surface area contributed by atoms with Crippen molar-refractivity contribution in [1.82, 2.24) is 0 Å². The van der Waals surface area contributed by atoms with Gasteiger partial charge in [0.1, 0.15) is 0 Å². The molecule has 1 fully saturated rings. The molecule has 1 aromatic carbocycles. The van der Waals surface area contributed by atoms with Gasteiger partial charge in [0, 0.05) is 25.4 Å². The highest BCUT2D eigenvalue weighted by Crippen LogP contribution is 2.23. The van der Waals surface area contributed by atoms with Crippen LogP contribution in [0.3, 0.4) is 0 Å². The third-order valence-electron chi connectivity index (χ3n) is 3.24. The molecule has 0 aliphatic carbocycles. The maximum atomic E-state index is 9.07. The van der Waals surface area contributed by atoms with Gasteiger partial charge in [0.05, 0.1) is 0 Å². The molecule has 2 rings (SSSR count). The number of aryl methyl sites for hydroxylation is 1. The van der Waals surface area contributed by atoms with Crippen LogP contribution >= 0.6 is 0 Å². The molecular weight excluding hydrogens is 186 g/mol. The summed E-state index contributed by atoms with van der Waals surface area (Å²) in [6.45, 7) is 4.63. The molecule has 2 heteroatoms. The van der Waals surface area contributed by atoms with Gasteiger partial charge in [-0.2, -0.15) is 0 Å². The zero-order valence-electron chi connectivity index (χ0n) is 9.32. The molecule has 1 aromatic rings. The van der Waals surface area contributed by atoms with E-state index in [2.05, 4.69) is 36.1 Å². The second-order valence-electron chi connectivity index (χ2n) is 4.45. The summed E-state index contributed by atoms with van der Waals surface area (Å²) >= 11 is 0. The molecule has 2 nitrogen and oxygen atoms in total. The Balaban J connectivity index is 2.01. The van der Waals surface area contributed by atoms with Crippen molar-refractivity contribution in [2.75, 3.05) is 24.6 Å². The van der Waals surface area contributed by atoms with Gasteiger partial charge in [-0.3, -0.25) is 0 Å². The summed E-state index contributed by atoms with van der Waals surface area (Å²) in [6, 6.07) is 8.65. The minimum Gasteiger partial charge on any atom is -0.396 e. The fourth-order valence-electron chi connectivity index (χ4n) is 2.20. The van der Waals surface area contributed by atoms with Crippen LogP contribution in [-0.2, 0) is 0 Å². The van der Waals surface area contributed by atoms with Gasteiger partial charge in [0.25, 0.3) is 0 Å². The van der Waals surface area contributed by atoms with Crippen LogP contribution in [0, 0.1) is 12.8 Å². The Bertz CT molecular complexity index is 316. The molecule has 1 saturated heterocycles. The lowest BCUT2D eigenvalue weighted by molar-refractivity contribution is 0.203. The number of anilines is 1. The lowest BCUT2D eigenvalue weighted by atomic mass is 9.97. The zero-order chi connectivity index (χ0) is 10.7. The standard InChI is InChI=1S/C13H19NO/c1-11-3-2-4-13(9-11)14-7-5-12(10-15)6-8-14/h2-4,9,12,15H,5-8,10H2,1H3. The number of aliphatic hydroxyl groups is 1. The second-order valence-corrected chi connectivity index (χ2v) is 4.45. The Morgan fingerprint density at radius 1 is 1.33 bits per heavy atom. The normalized spacial score (nSPS) is 18.1. The molecule has 0 atom stereocenters. The maximum absolute atomic E-state index is 9.07. The van der Waals surface area contributed by atoms with Crippen LogP contribution in [-0.4, -0.2) is 24.8 Å². The minimum absolute atomic E-state index is 0.349. The van der Waals surface area contributed by atoms with Crippen molar-refractivity contribution in [3.8, 4) is 0 Å². The van der Waals surface area contributed by atoms with Gasteiger partial charge >= 0.3 is 0 Å². The number of nitrogens with zero attached hydrogens (tertiary/aromatic N) is 1. The Kier molecular flexibility index (Phi) is 3.27. The monoisotopic (exact) mass is 205 g/mol. The third-order valence-corrected chi connectivity index (χ3v) is 3.24. The van der Waals surface area contributed by atoms with Crippen molar-refractivity contribution in [3.63, 3.8) is 0 Å². The molecule has 0 amide bonds. The van der Waals surface area contributed by atoms with Gasteiger partial charge in [-0.05, 0) is 43.4 Å². The molecule has 1 aliphatic rings. The average molecular weight is 205 g/mol. The van der Waals surface area contributed by atoms with Crippen molar-refractivity contribution in [2.24, 2.45) is 5.92 Å². The molecule has 15 heavy (non-hydrogen) atoms. The summed E-state index contributed by atoms with van der Waals surface area (Å²) in [7, 11) is 0. The van der Waals surface area contributed by atoms with E-state index in [4.69, 9.17) is 5.11 Å². The topological polar surface area (TPSA) is 23.5 Å². The van der Waals surface area contributed by atoms with Crippen molar-refractivity contribution < 1.29 is 5.11 Å². The maximum Gasteiger partial charge on any atom is 0.0460 e. The van der Waals surface area contributed by atoms with Crippen LogP contribution in [0.1, 0.15) is 18.4 Å². The van der Waals surface area contributed by atoms with Crippen LogP contribution in [0.25, 0.3) is 0 Å². The van der Waals surface area contributed by atoms with Gasteiger partial charge in [0.15, 0.2) is 0 Å². The van der Waals surface area contributed by atoms with E-state index in [9.17, 15) is 0 Å². The molecule has 1 heterocycles. The minimum atomic E-state index is 0.349. The van der Waals surface area contributed by atoms with Crippen molar-refractivity contribution in [3.05, 3.63) is 29.8 Å². The first-order chi connectivity index (χ1) is 7.29. The fourth-order valence-corrected chi connectivity index (χ4v) is 2.20. The molecule has 0 aromatic heterocycles. The molecule has 0 radical (unpaired) electrons. The number of hydrogen-bond acceptors (Lipinski definition) is 2. The quantitative estimate of drug-likeness (QED) is 0.800. The Morgan fingerprint density at radius 2 is 2.07 bits per heavy atom. The molecule has 1 aliphatic heterocycles. The summed E-state index contributed by atoms with van der Waals surface area (Å²) in [5.74, 6) is 0.519. The zero-order valence-corrected chi connectivity index (χ0v) is 9.32. The molecule has 0 spiro atoms.